The van der Waals surface area contributed by atoms with E-state index in [1.54, 1.807) is 21.0 Å². The number of carbonyl (C=O) groups excluding carboxylic acids is 1. The van der Waals surface area contributed by atoms with E-state index >= 15 is 0 Å². The van der Waals surface area contributed by atoms with Gasteiger partial charge >= 0.3 is 0 Å². The Kier molecular flexibility index (Phi) is 6.44. The van der Waals surface area contributed by atoms with Crippen molar-refractivity contribution in [2.45, 2.75) is 19.4 Å². The second-order valence-corrected chi connectivity index (χ2v) is 3.76. The SMILES string of the molecule is COCCNCC(=O)NCC(C)(C)O. The summed E-state index contributed by atoms with van der Waals surface area (Å²) >= 11 is 0. The van der Waals surface area contributed by atoms with Crippen LogP contribution in [0.4, 0.5) is 0 Å². The monoisotopic (exact) mass is 204 g/mol. The Balaban J connectivity index is 3.38. The van der Waals surface area contributed by atoms with Crippen molar-refractivity contribution >= 4 is 5.91 Å². The Hall–Kier alpha value is -0.650. The van der Waals surface area contributed by atoms with E-state index in [0.717, 1.165) is 0 Å². The zero-order valence-electron chi connectivity index (χ0n) is 9.09. The third-order valence-electron chi connectivity index (χ3n) is 1.49. The average molecular weight is 204 g/mol. The van der Waals surface area contributed by atoms with E-state index in [-0.39, 0.29) is 19.0 Å². The molecule has 1 amide bonds. The van der Waals surface area contributed by atoms with Gasteiger partial charge in [-0.3, -0.25) is 4.79 Å². The zero-order valence-corrected chi connectivity index (χ0v) is 9.09. The van der Waals surface area contributed by atoms with Crippen LogP contribution in [0.5, 0.6) is 0 Å². The second-order valence-electron chi connectivity index (χ2n) is 3.76. The van der Waals surface area contributed by atoms with Crippen molar-refractivity contribution in [3.8, 4) is 0 Å². The Morgan fingerprint density at radius 2 is 2.14 bits per heavy atom. The highest BCUT2D eigenvalue weighted by molar-refractivity contribution is 5.78. The van der Waals surface area contributed by atoms with Gasteiger partial charge in [0.2, 0.25) is 5.91 Å². The van der Waals surface area contributed by atoms with Crippen molar-refractivity contribution in [1.29, 1.82) is 0 Å². The molecule has 0 atom stereocenters. The third kappa shape index (κ3) is 9.44. The van der Waals surface area contributed by atoms with Crippen molar-refractivity contribution in [3.63, 3.8) is 0 Å². The maximum absolute atomic E-state index is 11.1. The molecule has 14 heavy (non-hydrogen) atoms. The van der Waals surface area contributed by atoms with Gasteiger partial charge in [-0.25, -0.2) is 0 Å². The summed E-state index contributed by atoms with van der Waals surface area (Å²) in [5.41, 5.74) is -0.859. The number of ether oxygens (including phenoxy) is 1. The van der Waals surface area contributed by atoms with Crippen LogP contribution in [0.25, 0.3) is 0 Å². The topological polar surface area (TPSA) is 70.6 Å². The van der Waals surface area contributed by atoms with Gasteiger partial charge in [0.05, 0.1) is 18.8 Å². The molecule has 0 aromatic heterocycles. The molecular weight excluding hydrogens is 184 g/mol. The van der Waals surface area contributed by atoms with Crippen LogP contribution in [-0.2, 0) is 9.53 Å². The van der Waals surface area contributed by atoms with Crippen molar-refractivity contribution in [3.05, 3.63) is 0 Å². The normalized spacial score (nSPS) is 11.4. The highest BCUT2D eigenvalue weighted by Gasteiger charge is 2.13. The number of hydrogen-bond acceptors (Lipinski definition) is 4. The van der Waals surface area contributed by atoms with Gasteiger partial charge in [0.15, 0.2) is 0 Å². The van der Waals surface area contributed by atoms with Gasteiger partial charge in [-0.1, -0.05) is 0 Å². The number of rotatable bonds is 7. The molecule has 0 heterocycles. The van der Waals surface area contributed by atoms with Crippen LogP contribution in [0.1, 0.15) is 13.8 Å². The highest BCUT2D eigenvalue weighted by Crippen LogP contribution is 1.96. The van der Waals surface area contributed by atoms with Crippen molar-refractivity contribution in [1.82, 2.24) is 10.6 Å². The van der Waals surface area contributed by atoms with Gasteiger partial charge in [0, 0.05) is 20.2 Å². The fourth-order valence-electron chi connectivity index (χ4n) is 0.754. The lowest BCUT2D eigenvalue weighted by atomic mass is 10.1. The molecule has 0 unspecified atom stereocenters. The number of carbonyl (C=O) groups is 1. The molecule has 5 nitrogen and oxygen atoms in total. The molecule has 0 spiro atoms. The maximum Gasteiger partial charge on any atom is 0.234 e. The molecule has 5 heteroatoms. The summed E-state index contributed by atoms with van der Waals surface area (Å²) in [5, 5.41) is 14.8. The summed E-state index contributed by atoms with van der Waals surface area (Å²) in [4.78, 5) is 11.1. The van der Waals surface area contributed by atoms with Gasteiger partial charge < -0.3 is 20.5 Å². The van der Waals surface area contributed by atoms with Crippen molar-refractivity contribution in [2.24, 2.45) is 0 Å². The first-order valence-corrected chi connectivity index (χ1v) is 4.64. The molecule has 0 saturated heterocycles. The van der Waals surface area contributed by atoms with Crippen LogP contribution in [0, 0.1) is 0 Å². The highest BCUT2D eigenvalue weighted by atomic mass is 16.5. The first kappa shape index (κ1) is 13.4. The average Bonchev–Trinajstić information content (AvgIpc) is 2.08. The first-order valence-electron chi connectivity index (χ1n) is 4.64. The molecule has 0 aliphatic rings. The van der Waals surface area contributed by atoms with E-state index in [1.807, 2.05) is 0 Å². The molecule has 0 fully saturated rings. The summed E-state index contributed by atoms with van der Waals surface area (Å²) in [5.74, 6) is -0.122. The molecule has 84 valence electrons. The van der Waals surface area contributed by atoms with Crippen LogP contribution < -0.4 is 10.6 Å². The predicted molar refractivity (Wildman–Crippen MR) is 54.1 cm³/mol. The summed E-state index contributed by atoms with van der Waals surface area (Å²) in [7, 11) is 1.61. The van der Waals surface area contributed by atoms with Crippen LogP contribution in [0.3, 0.4) is 0 Å². The smallest absolute Gasteiger partial charge is 0.234 e. The molecule has 0 radical (unpaired) electrons. The third-order valence-corrected chi connectivity index (χ3v) is 1.49. The standard InChI is InChI=1S/C9H20N2O3/c1-9(2,13)7-11-8(12)6-10-4-5-14-3/h10,13H,4-7H2,1-3H3,(H,11,12). The Morgan fingerprint density at radius 1 is 1.50 bits per heavy atom. The van der Waals surface area contributed by atoms with Crippen LogP contribution in [-0.4, -0.2) is 50.0 Å². The molecule has 0 bridgehead atoms. The lowest BCUT2D eigenvalue weighted by molar-refractivity contribution is -0.121. The van der Waals surface area contributed by atoms with Gasteiger partial charge in [-0.05, 0) is 13.8 Å². The van der Waals surface area contributed by atoms with Gasteiger partial charge in [0.25, 0.3) is 0 Å². The summed E-state index contributed by atoms with van der Waals surface area (Å²) in [6.07, 6.45) is 0. The van der Waals surface area contributed by atoms with Gasteiger partial charge in [0.1, 0.15) is 0 Å². The fourth-order valence-corrected chi connectivity index (χ4v) is 0.754. The molecule has 3 N–H and O–H groups in total. The molecular formula is C9H20N2O3. The number of aliphatic hydroxyl groups is 1. The van der Waals surface area contributed by atoms with Crippen LogP contribution in [0.15, 0.2) is 0 Å². The van der Waals surface area contributed by atoms with E-state index in [2.05, 4.69) is 10.6 Å². The second kappa shape index (κ2) is 6.75. The molecule has 0 aromatic rings. The molecule has 0 rings (SSSR count). The summed E-state index contributed by atoms with van der Waals surface area (Å²) in [6, 6.07) is 0. The van der Waals surface area contributed by atoms with E-state index in [4.69, 9.17) is 4.74 Å². The minimum absolute atomic E-state index is 0.122. The minimum atomic E-state index is -0.859. The lowest BCUT2D eigenvalue weighted by Crippen LogP contribution is -2.42. The van der Waals surface area contributed by atoms with E-state index in [0.29, 0.717) is 13.2 Å². The molecule has 0 aliphatic heterocycles. The van der Waals surface area contributed by atoms with Gasteiger partial charge in [-0.15, -0.1) is 0 Å². The predicted octanol–water partition coefficient (Wildman–Crippen LogP) is -0.890. The van der Waals surface area contributed by atoms with Crippen LogP contribution >= 0.6 is 0 Å². The molecule has 0 aromatic carbocycles. The largest absolute Gasteiger partial charge is 0.389 e. The summed E-state index contributed by atoms with van der Waals surface area (Å²) in [6.45, 7) is 5.03. The Morgan fingerprint density at radius 3 is 2.64 bits per heavy atom. The first-order chi connectivity index (χ1) is 6.45. The molecule has 0 saturated carbocycles. The number of hydrogen-bond donors (Lipinski definition) is 3. The Bertz CT molecular complexity index is 166. The molecule has 0 aliphatic carbocycles. The number of nitrogens with one attached hydrogen (secondary N) is 2. The fraction of sp³-hybridized carbons (Fsp3) is 0.889. The maximum atomic E-state index is 11.1. The van der Waals surface area contributed by atoms with E-state index in [1.165, 1.54) is 0 Å². The summed E-state index contributed by atoms with van der Waals surface area (Å²) < 4.78 is 4.80. The van der Waals surface area contributed by atoms with Crippen molar-refractivity contribution < 1.29 is 14.6 Å². The quantitative estimate of drug-likeness (QED) is 0.470. The number of methoxy groups -OCH3 is 1. The lowest BCUT2D eigenvalue weighted by Gasteiger charge is -2.17. The Labute approximate surface area is 84.8 Å². The van der Waals surface area contributed by atoms with E-state index in [9.17, 15) is 9.90 Å². The number of amides is 1. The zero-order chi connectivity index (χ0) is 11.0. The van der Waals surface area contributed by atoms with Crippen molar-refractivity contribution in [2.75, 3.05) is 33.4 Å². The minimum Gasteiger partial charge on any atom is -0.389 e. The van der Waals surface area contributed by atoms with Gasteiger partial charge in [-0.2, -0.15) is 0 Å². The van der Waals surface area contributed by atoms with Crippen LogP contribution in [0.2, 0.25) is 0 Å². The van der Waals surface area contributed by atoms with E-state index < -0.39 is 5.60 Å².